The van der Waals surface area contributed by atoms with Crippen LogP contribution >= 0.6 is 0 Å². The normalized spacial score (nSPS) is 33.3. The van der Waals surface area contributed by atoms with Crippen molar-refractivity contribution in [3.05, 3.63) is 0 Å². The highest BCUT2D eigenvalue weighted by Gasteiger charge is 2.56. The molecule has 0 heterocycles. The van der Waals surface area contributed by atoms with Crippen LogP contribution in [0.2, 0.25) is 0 Å². The van der Waals surface area contributed by atoms with Gasteiger partial charge in [-0.3, -0.25) is 4.79 Å². The molecule has 0 saturated heterocycles. The predicted molar refractivity (Wildman–Crippen MR) is 69.8 cm³/mol. The smallest absolute Gasteiger partial charge is 0.410 e. The molecule has 1 spiro atoms. The van der Waals surface area contributed by atoms with Crippen molar-refractivity contribution in [2.24, 2.45) is 11.3 Å². The molecule has 1 N–H and O–H groups in total. The Balaban J connectivity index is 1.78. The highest BCUT2D eigenvalue weighted by molar-refractivity contribution is 5.72. The zero-order valence-corrected chi connectivity index (χ0v) is 12.1. The molecule has 19 heavy (non-hydrogen) atoms. The van der Waals surface area contributed by atoms with Crippen molar-refractivity contribution < 1.29 is 19.4 Å². The van der Waals surface area contributed by atoms with E-state index in [1.165, 1.54) is 0 Å². The fourth-order valence-corrected chi connectivity index (χ4v) is 3.19. The standard InChI is InChI=1S/C14H23NO4/c1-13(2,3)19-12(18)15(4)10-7-14(8-10)5-9(6-14)11(16)17/h9-10H,5-8H2,1-4H3,(H,16,17). The fraction of sp³-hybridized carbons (Fsp3) is 0.857. The third-order valence-corrected chi connectivity index (χ3v) is 4.27. The number of aliphatic carboxylic acids is 1. The van der Waals surface area contributed by atoms with Crippen LogP contribution in [0.5, 0.6) is 0 Å². The van der Waals surface area contributed by atoms with Gasteiger partial charge in [-0.25, -0.2) is 4.79 Å². The summed E-state index contributed by atoms with van der Waals surface area (Å²) < 4.78 is 5.33. The molecule has 108 valence electrons. The van der Waals surface area contributed by atoms with Gasteiger partial charge in [0.15, 0.2) is 0 Å². The van der Waals surface area contributed by atoms with Crippen LogP contribution in [-0.2, 0) is 9.53 Å². The highest BCUT2D eigenvalue weighted by Crippen LogP contribution is 2.59. The Kier molecular flexibility index (Phi) is 3.27. The Labute approximate surface area is 113 Å². The molecule has 0 radical (unpaired) electrons. The second-order valence-electron chi connectivity index (χ2n) is 7.10. The molecule has 2 saturated carbocycles. The molecule has 0 aromatic heterocycles. The molecule has 0 aromatic rings. The molecule has 5 nitrogen and oxygen atoms in total. The number of ether oxygens (including phenoxy) is 1. The van der Waals surface area contributed by atoms with Crippen LogP contribution < -0.4 is 0 Å². The molecular formula is C14H23NO4. The first-order valence-corrected chi connectivity index (χ1v) is 6.81. The van der Waals surface area contributed by atoms with Gasteiger partial charge >= 0.3 is 12.1 Å². The van der Waals surface area contributed by atoms with Crippen LogP contribution in [-0.4, -0.2) is 40.8 Å². The average Bonchev–Trinajstić information content (AvgIpc) is 2.09. The Morgan fingerprint density at radius 3 is 2.16 bits per heavy atom. The lowest BCUT2D eigenvalue weighted by atomic mass is 9.50. The molecule has 0 aliphatic heterocycles. The summed E-state index contributed by atoms with van der Waals surface area (Å²) in [5.74, 6) is -0.859. The van der Waals surface area contributed by atoms with Gasteiger partial charge in [0, 0.05) is 13.1 Å². The summed E-state index contributed by atoms with van der Waals surface area (Å²) in [7, 11) is 1.76. The fourth-order valence-electron chi connectivity index (χ4n) is 3.19. The quantitative estimate of drug-likeness (QED) is 0.836. The van der Waals surface area contributed by atoms with Crippen LogP contribution in [0.1, 0.15) is 46.5 Å². The SMILES string of the molecule is CN(C(=O)OC(C)(C)C)C1CC2(CC(C(=O)O)C2)C1. The van der Waals surface area contributed by atoms with Crippen molar-refractivity contribution in [1.29, 1.82) is 0 Å². The zero-order chi connectivity index (χ0) is 14.4. The molecule has 0 unspecified atom stereocenters. The largest absolute Gasteiger partial charge is 0.481 e. The lowest BCUT2D eigenvalue weighted by Gasteiger charge is -2.58. The van der Waals surface area contributed by atoms with Gasteiger partial charge in [0.25, 0.3) is 0 Å². The second-order valence-corrected chi connectivity index (χ2v) is 7.10. The lowest BCUT2D eigenvalue weighted by molar-refractivity contribution is -0.158. The van der Waals surface area contributed by atoms with Crippen molar-refractivity contribution >= 4 is 12.1 Å². The predicted octanol–water partition coefficient (Wildman–Crippen LogP) is 2.50. The van der Waals surface area contributed by atoms with Crippen LogP contribution in [0, 0.1) is 11.3 Å². The van der Waals surface area contributed by atoms with E-state index in [-0.39, 0.29) is 23.5 Å². The van der Waals surface area contributed by atoms with E-state index in [1.807, 2.05) is 20.8 Å². The van der Waals surface area contributed by atoms with Crippen molar-refractivity contribution in [1.82, 2.24) is 4.90 Å². The van der Waals surface area contributed by atoms with Gasteiger partial charge in [-0.15, -0.1) is 0 Å². The molecule has 0 atom stereocenters. The Hall–Kier alpha value is -1.26. The molecular weight excluding hydrogens is 246 g/mol. The monoisotopic (exact) mass is 269 g/mol. The van der Waals surface area contributed by atoms with Crippen molar-refractivity contribution in [3.8, 4) is 0 Å². The molecule has 2 aliphatic carbocycles. The maximum Gasteiger partial charge on any atom is 0.410 e. The first-order chi connectivity index (χ1) is 8.62. The summed E-state index contributed by atoms with van der Waals surface area (Å²) in [5, 5.41) is 8.89. The summed E-state index contributed by atoms with van der Waals surface area (Å²) >= 11 is 0. The third-order valence-electron chi connectivity index (χ3n) is 4.27. The minimum Gasteiger partial charge on any atom is -0.481 e. The summed E-state index contributed by atoms with van der Waals surface area (Å²) in [5.41, 5.74) is -0.290. The number of amides is 1. The van der Waals surface area contributed by atoms with E-state index in [2.05, 4.69) is 0 Å². The molecule has 2 fully saturated rings. The number of hydrogen-bond donors (Lipinski definition) is 1. The number of carboxylic acids is 1. The van der Waals surface area contributed by atoms with Gasteiger partial charge in [-0.1, -0.05) is 0 Å². The summed E-state index contributed by atoms with van der Waals surface area (Å²) in [6.45, 7) is 5.55. The number of rotatable bonds is 2. The maximum atomic E-state index is 11.9. The highest BCUT2D eigenvalue weighted by atomic mass is 16.6. The van der Waals surface area contributed by atoms with E-state index in [4.69, 9.17) is 9.84 Å². The number of carboxylic acid groups (broad SMARTS) is 1. The first-order valence-electron chi connectivity index (χ1n) is 6.81. The van der Waals surface area contributed by atoms with Gasteiger partial charge in [0.1, 0.15) is 5.60 Å². The minimum atomic E-state index is -0.686. The zero-order valence-electron chi connectivity index (χ0n) is 12.1. The molecule has 2 aliphatic rings. The van der Waals surface area contributed by atoms with Gasteiger partial charge in [0.2, 0.25) is 0 Å². The van der Waals surface area contributed by atoms with Gasteiger partial charge in [-0.05, 0) is 51.9 Å². The first kappa shape index (κ1) is 14.2. The summed E-state index contributed by atoms with van der Waals surface area (Å²) in [6, 6.07) is 0.199. The van der Waals surface area contributed by atoms with E-state index in [1.54, 1.807) is 11.9 Å². The average molecular weight is 269 g/mol. The molecule has 1 amide bonds. The van der Waals surface area contributed by atoms with E-state index in [9.17, 15) is 9.59 Å². The summed E-state index contributed by atoms with van der Waals surface area (Å²) in [4.78, 5) is 24.4. The van der Waals surface area contributed by atoms with Crippen LogP contribution in [0.3, 0.4) is 0 Å². The van der Waals surface area contributed by atoms with E-state index >= 15 is 0 Å². The molecule has 5 heteroatoms. The van der Waals surface area contributed by atoms with Gasteiger partial charge < -0.3 is 14.7 Å². The van der Waals surface area contributed by atoms with E-state index in [0.717, 1.165) is 25.7 Å². The molecule has 0 aromatic carbocycles. The van der Waals surface area contributed by atoms with Crippen LogP contribution in [0.15, 0.2) is 0 Å². The summed E-state index contributed by atoms with van der Waals surface area (Å²) in [6.07, 6.45) is 3.06. The van der Waals surface area contributed by atoms with Gasteiger partial charge in [0.05, 0.1) is 5.92 Å². The number of carbonyl (C=O) groups is 2. The maximum absolute atomic E-state index is 11.9. The topological polar surface area (TPSA) is 66.8 Å². The lowest BCUT2D eigenvalue weighted by Crippen LogP contribution is -2.58. The van der Waals surface area contributed by atoms with Gasteiger partial charge in [-0.2, -0.15) is 0 Å². The second kappa shape index (κ2) is 4.39. The van der Waals surface area contributed by atoms with Crippen molar-refractivity contribution in [3.63, 3.8) is 0 Å². The Morgan fingerprint density at radius 1 is 1.21 bits per heavy atom. The van der Waals surface area contributed by atoms with Crippen molar-refractivity contribution in [2.75, 3.05) is 7.05 Å². The van der Waals surface area contributed by atoms with Crippen LogP contribution in [0.4, 0.5) is 4.79 Å². The molecule has 2 rings (SSSR count). The third kappa shape index (κ3) is 2.85. The van der Waals surface area contributed by atoms with E-state index in [0.29, 0.717) is 0 Å². The van der Waals surface area contributed by atoms with Crippen molar-refractivity contribution in [2.45, 2.75) is 58.1 Å². The number of nitrogens with zero attached hydrogens (tertiary/aromatic N) is 1. The minimum absolute atomic E-state index is 0.173. The Bertz CT molecular complexity index is 385. The molecule has 0 bridgehead atoms. The van der Waals surface area contributed by atoms with Crippen LogP contribution in [0.25, 0.3) is 0 Å². The van der Waals surface area contributed by atoms with E-state index < -0.39 is 11.6 Å². The number of carbonyl (C=O) groups excluding carboxylic acids is 1. The number of hydrogen-bond acceptors (Lipinski definition) is 3. The Morgan fingerprint density at radius 2 is 1.74 bits per heavy atom.